The van der Waals surface area contributed by atoms with Gasteiger partial charge in [-0.2, -0.15) is 5.10 Å². The van der Waals surface area contributed by atoms with Crippen LogP contribution in [0.1, 0.15) is 50.6 Å². The van der Waals surface area contributed by atoms with Crippen LogP contribution in [0.2, 0.25) is 0 Å². The molecule has 0 aliphatic heterocycles. The molecule has 1 aliphatic carbocycles. The van der Waals surface area contributed by atoms with E-state index < -0.39 is 6.10 Å². The molecule has 0 aromatic carbocycles. The Morgan fingerprint density at radius 3 is 3.00 bits per heavy atom. The Bertz CT molecular complexity index is 308. The molecule has 1 radical (unpaired) electrons. The van der Waals surface area contributed by atoms with Crippen LogP contribution in [0.25, 0.3) is 0 Å². The Labute approximate surface area is 91.1 Å². The van der Waals surface area contributed by atoms with Crippen LogP contribution in [0.3, 0.4) is 0 Å². The lowest BCUT2D eigenvalue weighted by Gasteiger charge is -2.19. The van der Waals surface area contributed by atoms with Crippen LogP contribution in [-0.2, 0) is 11.7 Å². The van der Waals surface area contributed by atoms with E-state index >= 15 is 0 Å². The third kappa shape index (κ3) is 2.23. The average molecular weight is 207 g/mol. The monoisotopic (exact) mass is 207 g/mol. The van der Waals surface area contributed by atoms with E-state index in [9.17, 15) is 5.11 Å². The van der Waals surface area contributed by atoms with E-state index in [0.29, 0.717) is 0 Å². The van der Waals surface area contributed by atoms with Gasteiger partial charge >= 0.3 is 0 Å². The lowest BCUT2D eigenvalue weighted by atomic mass is 9.94. The van der Waals surface area contributed by atoms with Gasteiger partial charge in [0.25, 0.3) is 0 Å². The minimum absolute atomic E-state index is 0.190. The van der Waals surface area contributed by atoms with Crippen LogP contribution < -0.4 is 0 Å². The fourth-order valence-corrected chi connectivity index (χ4v) is 2.53. The van der Waals surface area contributed by atoms with Crippen LogP contribution >= 0.6 is 0 Å². The molecule has 2 atom stereocenters. The minimum Gasteiger partial charge on any atom is -0.269 e. The van der Waals surface area contributed by atoms with Gasteiger partial charge in [-0.3, -0.25) is 4.68 Å². The number of rotatable bonds is 2. The summed E-state index contributed by atoms with van der Waals surface area (Å²) in [7, 11) is 0. The van der Waals surface area contributed by atoms with Crippen molar-refractivity contribution in [1.29, 1.82) is 0 Å². The standard InChI is InChI=1S/C12H19N2O/c1-2-14-11(8-9-13-14)10-6-4-3-5-7-12(10)15/h8-10,12H,2-7H2,1H3. The molecule has 1 fully saturated rings. The topological polar surface area (TPSA) is 37.7 Å². The molecular formula is C12H19N2O. The molecule has 0 saturated heterocycles. The second kappa shape index (κ2) is 4.79. The zero-order valence-electron chi connectivity index (χ0n) is 9.35. The summed E-state index contributed by atoms with van der Waals surface area (Å²) in [5.74, 6) is 0.190. The summed E-state index contributed by atoms with van der Waals surface area (Å²) in [5.41, 5.74) is 1.15. The van der Waals surface area contributed by atoms with Crippen molar-refractivity contribution in [2.24, 2.45) is 0 Å². The van der Waals surface area contributed by atoms with Crippen LogP contribution in [0.15, 0.2) is 12.3 Å². The Hall–Kier alpha value is -0.830. The summed E-state index contributed by atoms with van der Waals surface area (Å²) in [6, 6.07) is 2.02. The summed E-state index contributed by atoms with van der Waals surface area (Å²) >= 11 is 0. The van der Waals surface area contributed by atoms with Gasteiger partial charge in [-0.15, -0.1) is 0 Å². The molecule has 0 spiro atoms. The summed E-state index contributed by atoms with van der Waals surface area (Å²) in [6.07, 6.45) is 6.78. The smallest absolute Gasteiger partial charge is 0.101 e. The van der Waals surface area contributed by atoms with Crippen molar-refractivity contribution in [2.45, 2.75) is 57.6 Å². The van der Waals surface area contributed by atoms with Crippen LogP contribution in [0.5, 0.6) is 0 Å². The van der Waals surface area contributed by atoms with E-state index in [-0.39, 0.29) is 5.92 Å². The molecule has 1 aliphatic rings. The maximum absolute atomic E-state index is 12.0. The van der Waals surface area contributed by atoms with Crippen LogP contribution in [0, 0.1) is 0 Å². The van der Waals surface area contributed by atoms with Crippen molar-refractivity contribution in [2.75, 3.05) is 0 Å². The van der Waals surface area contributed by atoms with E-state index in [4.69, 9.17) is 0 Å². The molecule has 0 bridgehead atoms. The minimum atomic E-state index is -0.422. The van der Waals surface area contributed by atoms with Gasteiger partial charge in [0, 0.05) is 24.4 Å². The van der Waals surface area contributed by atoms with Gasteiger partial charge in [0.1, 0.15) is 6.10 Å². The quantitative estimate of drug-likeness (QED) is 0.687. The molecule has 3 heteroatoms. The second-order valence-electron chi connectivity index (χ2n) is 4.35. The first-order valence-corrected chi connectivity index (χ1v) is 6.00. The van der Waals surface area contributed by atoms with E-state index in [0.717, 1.165) is 31.5 Å². The third-order valence-corrected chi connectivity index (χ3v) is 3.38. The van der Waals surface area contributed by atoms with Crippen LogP contribution in [-0.4, -0.2) is 15.9 Å². The molecule has 2 rings (SSSR count). The predicted octanol–water partition coefficient (Wildman–Crippen LogP) is 2.75. The van der Waals surface area contributed by atoms with Crippen molar-refractivity contribution in [3.8, 4) is 0 Å². The molecule has 1 heterocycles. The maximum atomic E-state index is 12.0. The molecule has 2 unspecified atom stereocenters. The first kappa shape index (κ1) is 10.7. The number of nitrogens with zero attached hydrogens (tertiary/aromatic N) is 2. The Morgan fingerprint density at radius 2 is 2.20 bits per heavy atom. The zero-order valence-corrected chi connectivity index (χ0v) is 9.35. The largest absolute Gasteiger partial charge is 0.269 e. The normalized spacial score (nSPS) is 27.6. The molecule has 1 saturated carbocycles. The van der Waals surface area contributed by atoms with Crippen molar-refractivity contribution < 1.29 is 5.11 Å². The van der Waals surface area contributed by atoms with Crippen molar-refractivity contribution in [3.05, 3.63) is 18.0 Å². The van der Waals surface area contributed by atoms with Gasteiger partial charge in [0.2, 0.25) is 0 Å². The highest BCUT2D eigenvalue weighted by Gasteiger charge is 2.26. The fourth-order valence-electron chi connectivity index (χ4n) is 2.53. The highest BCUT2D eigenvalue weighted by Crippen LogP contribution is 2.32. The lowest BCUT2D eigenvalue weighted by Crippen LogP contribution is -2.19. The first-order chi connectivity index (χ1) is 7.33. The Kier molecular flexibility index (Phi) is 3.41. The molecule has 1 aromatic heterocycles. The number of hydrogen-bond acceptors (Lipinski definition) is 1. The van der Waals surface area contributed by atoms with Gasteiger partial charge in [-0.05, 0) is 25.8 Å². The van der Waals surface area contributed by atoms with Crippen molar-refractivity contribution in [3.63, 3.8) is 0 Å². The summed E-state index contributed by atoms with van der Waals surface area (Å²) in [5, 5.41) is 16.3. The average Bonchev–Trinajstić information content (AvgIpc) is 2.61. The van der Waals surface area contributed by atoms with E-state index in [1.54, 1.807) is 0 Å². The molecule has 15 heavy (non-hydrogen) atoms. The maximum Gasteiger partial charge on any atom is 0.101 e. The number of aryl methyl sites for hydroxylation is 1. The zero-order chi connectivity index (χ0) is 10.7. The van der Waals surface area contributed by atoms with Gasteiger partial charge in [0.15, 0.2) is 0 Å². The molecule has 1 aromatic rings. The van der Waals surface area contributed by atoms with E-state index in [1.165, 1.54) is 12.8 Å². The Morgan fingerprint density at radius 1 is 1.40 bits per heavy atom. The second-order valence-corrected chi connectivity index (χ2v) is 4.35. The Balaban J connectivity index is 2.19. The van der Waals surface area contributed by atoms with Crippen molar-refractivity contribution >= 4 is 0 Å². The van der Waals surface area contributed by atoms with E-state index in [1.807, 2.05) is 16.9 Å². The van der Waals surface area contributed by atoms with Gasteiger partial charge in [-0.1, -0.05) is 19.3 Å². The number of hydrogen-bond donors (Lipinski definition) is 0. The van der Waals surface area contributed by atoms with Gasteiger partial charge in [-0.25, -0.2) is 5.11 Å². The summed E-state index contributed by atoms with van der Waals surface area (Å²) in [6.45, 7) is 2.94. The molecular weight excluding hydrogens is 188 g/mol. The lowest BCUT2D eigenvalue weighted by molar-refractivity contribution is 0.0558. The summed E-state index contributed by atoms with van der Waals surface area (Å²) in [4.78, 5) is 0. The van der Waals surface area contributed by atoms with Crippen molar-refractivity contribution in [1.82, 2.24) is 9.78 Å². The molecule has 0 amide bonds. The molecule has 3 nitrogen and oxygen atoms in total. The van der Waals surface area contributed by atoms with E-state index in [2.05, 4.69) is 12.0 Å². The first-order valence-electron chi connectivity index (χ1n) is 6.00. The fraction of sp³-hybridized carbons (Fsp3) is 0.750. The summed E-state index contributed by atoms with van der Waals surface area (Å²) < 4.78 is 1.97. The predicted molar refractivity (Wildman–Crippen MR) is 58.2 cm³/mol. The number of aromatic nitrogens is 2. The van der Waals surface area contributed by atoms with Crippen LogP contribution in [0.4, 0.5) is 0 Å². The third-order valence-electron chi connectivity index (χ3n) is 3.38. The highest BCUT2D eigenvalue weighted by molar-refractivity contribution is 5.10. The molecule has 83 valence electrons. The SMILES string of the molecule is CCn1nccc1C1CCCCCC1[O]. The van der Waals surface area contributed by atoms with Gasteiger partial charge in [0.05, 0.1) is 0 Å². The highest BCUT2D eigenvalue weighted by atomic mass is 16.3. The van der Waals surface area contributed by atoms with Gasteiger partial charge < -0.3 is 0 Å². The molecule has 0 N–H and O–H groups in total.